The highest BCUT2D eigenvalue weighted by atomic mass is 35.5. The van der Waals surface area contributed by atoms with Gasteiger partial charge < -0.3 is 12.4 Å². The molecule has 0 bridgehead atoms. The third kappa shape index (κ3) is 1.27. The van der Waals surface area contributed by atoms with Crippen LogP contribution in [0.1, 0.15) is 0 Å². The maximum atomic E-state index is 2.22. The minimum absolute atomic E-state index is 0. The van der Waals surface area contributed by atoms with Crippen molar-refractivity contribution in [3.05, 3.63) is 48.7 Å². The van der Waals surface area contributed by atoms with Gasteiger partial charge in [0, 0.05) is 18.2 Å². The third-order valence-corrected chi connectivity index (χ3v) is 3.27. The van der Waals surface area contributed by atoms with Crippen molar-refractivity contribution in [2.75, 3.05) is 0 Å². The van der Waals surface area contributed by atoms with E-state index < -0.39 is 0 Å². The molecule has 2 aromatic heterocycles. The van der Waals surface area contributed by atoms with Crippen LogP contribution in [0.3, 0.4) is 0 Å². The topological polar surface area (TPSA) is 4.10 Å². The van der Waals surface area contributed by atoms with Gasteiger partial charge in [0.15, 0.2) is 6.20 Å². The molecule has 3 heteroatoms. The molecule has 0 radical (unpaired) electrons. The fourth-order valence-electron chi connectivity index (χ4n) is 1.56. The molecule has 0 unspecified atom stereocenters. The van der Waals surface area contributed by atoms with Gasteiger partial charge in [-0.15, -0.1) is 0 Å². The van der Waals surface area contributed by atoms with Gasteiger partial charge in [-0.1, -0.05) is 23.5 Å². The molecule has 70 valence electrons. The standard InChI is InChI=1S/C11H8NS.ClH/c1-2-6-10-9(5-1)12-8-4-3-7-11(12)13-10;/h1-8H;1H/q+1;/p-1. The van der Waals surface area contributed by atoms with E-state index in [1.807, 2.05) is 11.3 Å². The van der Waals surface area contributed by atoms with Crippen molar-refractivity contribution in [1.82, 2.24) is 0 Å². The van der Waals surface area contributed by atoms with Crippen molar-refractivity contribution in [1.29, 1.82) is 0 Å². The molecule has 0 aliphatic heterocycles. The van der Waals surface area contributed by atoms with Crippen LogP contribution in [-0.4, -0.2) is 0 Å². The van der Waals surface area contributed by atoms with Crippen LogP contribution in [0.5, 0.6) is 0 Å². The maximum absolute atomic E-state index is 2.22. The quantitative estimate of drug-likeness (QED) is 0.457. The average molecular weight is 222 g/mol. The van der Waals surface area contributed by atoms with E-state index in [0.29, 0.717) is 0 Å². The molecule has 0 saturated heterocycles. The molecule has 1 aromatic carbocycles. The molecule has 2 heterocycles. The number of fused-ring (bicyclic) bond motifs is 3. The summed E-state index contributed by atoms with van der Waals surface area (Å²) in [6, 6.07) is 14.8. The van der Waals surface area contributed by atoms with E-state index in [-0.39, 0.29) is 12.4 Å². The van der Waals surface area contributed by atoms with Gasteiger partial charge in [-0.2, -0.15) is 4.40 Å². The highest BCUT2D eigenvalue weighted by molar-refractivity contribution is 7.23. The molecular weight excluding hydrogens is 214 g/mol. The normalized spacial score (nSPS) is 10.3. The fraction of sp³-hybridized carbons (Fsp3) is 0. The molecular formula is C11H8ClNS. The lowest BCUT2D eigenvalue weighted by Gasteiger charge is -1.81. The number of nitrogens with zero attached hydrogens (tertiary/aromatic N) is 1. The monoisotopic (exact) mass is 221 g/mol. The summed E-state index contributed by atoms with van der Waals surface area (Å²) in [6.07, 6.45) is 2.11. The smallest absolute Gasteiger partial charge is 0.268 e. The maximum Gasteiger partial charge on any atom is 0.268 e. The number of para-hydroxylation sites is 1. The summed E-state index contributed by atoms with van der Waals surface area (Å²) >= 11 is 1.82. The molecule has 0 saturated carbocycles. The van der Waals surface area contributed by atoms with Crippen LogP contribution < -0.4 is 16.8 Å². The van der Waals surface area contributed by atoms with E-state index in [2.05, 4.69) is 53.1 Å². The predicted molar refractivity (Wildman–Crippen MR) is 55.0 cm³/mol. The molecule has 0 fully saturated rings. The zero-order valence-corrected chi connectivity index (χ0v) is 8.92. The summed E-state index contributed by atoms with van der Waals surface area (Å²) in [4.78, 5) is 1.30. The van der Waals surface area contributed by atoms with Gasteiger partial charge in [0.1, 0.15) is 4.70 Å². The van der Waals surface area contributed by atoms with Gasteiger partial charge in [-0.3, -0.25) is 0 Å². The van der Waals surface area contributed by atoms with E-state index in [1.165, 1.54) is 15.0 Å². The highest BCUT2D eigenvalue weighted by Gasteiger charge is 2.10. The van der Waals surface area contributed by atoms with Crippen molar-refractivity contribution >= 4 is 26.4 Å². The summed E-state index contributed by atoms with van der Waals surface area (Å²) in [6.45, 7) is 0. The lowest BCUT2D eigenvalue weighted by Crippen LogP contribution is -3.00. The van der Waals surface area contributed by atoms with E-state index in [0.717, 1.165) is 0 Å². The van der Waals surface area contributed by atoms with Gasteiger partial charge >= 0.3 is 0 Å². The van der Waals surface area contributed by atoms with Gasteiger partial charge in [0.25, 0.3) is 4.83 Å². The number of benzene rings is 1. The minimum atomic E-state index is 0. The molecule has 0 spiro atoms. The molecule has 3 rings (SSSR count). The van der Waals surface area contributed by atoms with Crippen LogP contribution in [0.15, 0.2) is 48.7 Å². The van der Waals surface area contributed by atoms with Crippen molar-refractivity contribution in [2.45, 2.75) is 0 Å². The van der Waals surface area contributed by atoms with Crippen LogP contribution in [-0.2, 0) is 0 Å². The SMILES string of the molecule is [Cl-].c1ccc2c(c1)sc1cccc[n+]12. The number of pyridine rings is 1. The Labute approximate surface area is 92.0 Å². The molecule has 0 amide bonds. The molecule has 0 atom stereocenters. The minimum Gasteiger partial charge on any atom is -1.00 e. The van der Waals surface area contributed by atoms with E-state index in [1.54, 1.807) is 0 Å². The first-order valence-electron chi connectivity index (χ1n) is 4.23. The van der Waals surface area contributed by atoms with Crippen molar-refractivity contribution < 1.29 is 16.8 Å². The zero-order chi connectivity index (χ0) is 8.67. The van der Waals surface area contributed by atoms with Crippen LogP contribution in [0.4, 0.5) is 0 Å². The van der Waals surface area contributed by atoms with Crippen molar-refractivity contribution in [2.24, 2.45) is 0 Å². The van der Waals surface area contributed by atoms with Gasteiger partial charge in [0.2, 0.25) is 5.52 Å². The molecule has 1 nitrogen and oxygen atoms in total. The average Bonchev–Trinajstić information content (AvgIpc) is 2.56. The lowest BCUT2D eigenvalue weighted by atomic mass is 10.3. The van der Waals surface area contributed by atoms with Crippen LogP contribution in [0, 0.1) is 0 Å². The fourth-order valence-corrected chi connectivity index (χ4v) is 2.61. The summed E-state index contributed by atoms with van der Waals surface area (Å²) < 4.78 is 3.56. The molecule has 0 aliphatic carbocycles. The molecule has 14 heavy (non-hydrogen) atoms. The van der Waals surface area contributed by atoms with Crippen molar-refractivity contribution in [3.8, 4) is 0 Å². The number of thiazole rings is 1. The lowest BCUT2D eigenvalue weighted by molar-refractivity contribution is -0.477. The van der Waals surface area contributed by atoms with Crippen LogP contribution in [0.2, 0.25) is 0 Å². The second kappa shape index (κ2) is 3.56. The number of rotatable bonds is 0. The predicted octanol–water partition coefficient (Wildman–Crippen LogP) is -0.356. The Hall–Kier alpha value is -1.12. The Bertz CT molecular complexity index is 523. The molecule has 0 aliphatic rings. The number of halogens is 1. The van der Waals surface area contributed by atoms with Gasteiger partial charge in [-0.05, 0) is 12.1 Å². The van der Waals surface area contributed by atoms with Crippen LogP contribution in [0.25, 0.3) is 15.0 Å². The summed E-state index contributed by atoms with van der Waals surface area (Å²) in [7, 11) is 0. The van der Waals surface area contributed by atoms with Gasteiger partial charge in [0.05, 0.1) is 0 Å². The Balaban J connectivity index is 0.000000750. The molecule has 3 aromatic rings. The van der Waals surface area contributed by atoms with E-state index in [4.69, 9.17) is 0 Å². The number of hydrogen-bond acceptors (Lipinski definition) is 1. The Morgan fingerprint density at radius 1 is 0.929 bits per heavy atom. The second-order valence-corrected chi connectivity index (χ2v) is 4.04. The summed E-state index contributed by atoms with van der Waals surface area (Å²) in [5, 5.41) is 0. The Kier molecular flexibility index (Phi) is 2.40. The summed E-state index contributed by atoms with van der Waals surface area (Å²) in [5.74, 6) is 0. The van der Waals surface area contributed by atoms with Gasteiger partial charge in [-0.25, -0.2) is 0 Å². The Morgan fingerprint density at radius 2 is 1.71 bits per heavy atom. The van der Waals surface area contributed by atoms with Crippen molar-refractivity contribution in [3.63, 3.8) is 0 Å². The number of aromatic nitrogens is 1. The van der Waals surface area contributed by atoms with Crippen LogP contribution >= 0.6 is 11.3 Å². The first-order valence-corrected chi connectivity index (χ1v) is 5.05. The second-order valence-electron chi connectivity index (χ2n) is 2.98. The first kappa shape index (κ1) is 9.44. The largest absolute Gasteiger partial charge is 1.00 e. The summed E-state index contributed by atoms with van der Waals surface area (Å²) in [5.41, 5.74) is 1.29. The zero-order valence-electron chi connectivity index (χ0n) is 7.35. The first-order chi connectivity index (χ1) is 6.45. The Morgan fingerprint density at radius 3 is 2.64 bits per heavy atom. The number of hydrogen-bond donors (Lipinski definition) is 0. The highest BCUT2D eigenvalue weighted by Crippen LogP contribution is 2.19. The molecule has 0 N–H and O–H groups in total. The van der Waals surface area contributed by atoms with E-state index in [9.17, 15) is 0 Å². The van der Waals surface area contributed by atoms with E-state index >= 15 is 0 Å². The third-order valence-electron chi connectivity index (χ3n) is 2.16.